The van der Waals surface area contributed by atoms with Crippen molar-refractivity contribution in [3.05, 3.63) is 53.3 Å². The van der Waals surface area contributed by atoms with Crippen molar-refractivity contribution in [1.29, 1.82) is 0 Å². The first-order valence-electron chi connectivity index (χ1n) is 10.4. The Morgan fingerprint density at radius 3 is 2.70 bits per heavy atom. The van der Waals surface area contributed by atoms with Gasteiger partial charge >= 0.3 is 0 Å². The Labute approximate surface area is 162 Å². The molecule has 0 unspecified atom stereocenters. The molecule has 0 bridgehead atoms. The first-order chi connectivity index (χ1) is 13.2. The molecule has 0 aliphatic heterocycles. The Morgan fingerprint density at radius 2 is 1.89 bits per heavy atom. The van der Waals surface area contributed by atoms with E-state index in [0.29, 0.717) is 0 Å². The predicted molar refractivity (Wildman–Crippen MR) is 114 cm³/mol. The van der Waals surface area contributed by atoms with Crippen molar-refractivity contribution in [1.82, 2.24) is 15.3 Å². The summed E-state index contributed by atoms with van der Waals surface area (Å²) >= 11 is 0. The third kappa shape index (κ3) is 4.24. The fourth-order valence-electron chi connectivity index (χ4n) is 4.47. The van der Waals surface area contributed by atoms with E-state index < -0.39 is 0 Å². The van der Waals surface area contributed by atoms with Gasteiger partial charge in [-0.1, -0.05) is 50.3 Å². The van der Waals surface area contributed by atoms with E-state index >= 15 is 0 Å². The molecule has 1 aromatic heterocycles. The number of imidazole rings is 1. The lowest BCUT2D eigenvalue weighted by molar-refractivity contribution is 0.334. The first kappa shape index (κ1) is 18.2. The topological polar surface area (TPSA) is 40.7 Å². The summed E-state index contributed by atoms with van der Waals surface area (Å²) in [6, 6.07) is 11.2. The largest absolute Gasteiger partial charge is 0.345 e. The Kier molecular flexibility index (Phi) is 5.58. The number of H-pyrrole nitrogens is 1. The van der Waals surface area contributed by atoms with Gasteiger partial charge in [-0.15, -0.1) is 0 Å². The van der Waals surface area contributed by atoms with Crippen molar-refractivity contribution in [2.45, 2.75) is 58.9 Å². The number of hydrogen-bond acceptors (Lipinski definition) is 2. The highest BCUT2D eigenvalue weighted by Crippen LogP contribution is 2.29. The van der Waals surface area contributed by atoms with E-state index in [0.717, 1.165) is 30.0 Å². The summed E-state index contributed by atoms with van der Waals surface area (Å²) in [6.07, 6.45) is 10.3. The van der Waals surface area contributed by atoms with Gasteiger partial charge in [-0.25, -0.2) is 4.98 Å². The number of rotatable bonds is 6. The van der Waals surface area contributed by atoms with Gasteiger partial charge in [-0.05, 0) is 72.7 Å². The Bertz CT molecular complexity index is 903. The summed E-state index contributed by atoms with van der Waals surface area (Å²) < 4.78 is 0. The molecule has 3 aromatic rings. The second kappa shape index (κ2) is 8.26. The molecule has 1 heterocycles. The lowest BCUT2D eigenvalue weighted by atomic mass is 9.87. The van der Waals surface area contributed by atoms with Crippen molar-refractivity contribution in [2.24, 2.45) is 5.92 Å². The van der Waals surface area contributed by atoms with E-state index in [4.69, 9.17) is 0 Å². The molecule has 0 saturated heterocycles. The fourth-order valence-corrected chi connectivity index (χ4v) is 4.47. The Balaban J connectivity index is 1.40. The molecule has 3 heteroatoms. The maximum Gasteiger partial charge on any atom is 0.0931 e. The maximum atomic E-state index is 4.41. The number of nitrogens with zero attached hydrogens (tertiary/aromatic N) is 1. The van der Waals surface area contributed by atoms with Crippen LogP contribution in [0.15, 0.2) is 36.7 Å². The fraction of sp³-hybridized carbons (Fsp3) is 0.458. The number of aromatic nitrogens is 2. The zero-order valence-corrected chi connectivity index (χ0v) is 16.6. The van der Waals surface area contributed by atoms with Crippen molar-refractivity contribution >= 4 is 11.0 Å². The van der Waals surface area contributed by atoms with Crippen LogP contribution in [-0.2, 0) is 6.54 Å². The molecule has 0 amide bonds. The highest BCUT2D eigenvalue weighted by Gasteiger charge is 2.13. The van der Waals surface area contributed by atoms with Crippen LogP contribution in [-0.4, -0.2) is 16.5 Å². The van der Waals surface area contributed by atoms with Gasteiger partial charge < -0.3 is 10.3 Å². The number of aromatic amines is 1. The van der Waals surface area contributed by atoms with Gasteiger partial charge in [-0.3, -0.25) is 0 Å². The number of nitrogens with one attached hydrogen (secondary N) is 2. The molecule has 3 nitrogen and oxygen atoms in total. The second-order valence-corrected chi connectivity index (χ2v) is 8.20. The molecule has 4 rings (SSSR count). The van der Waals surface area contributed by atoms with Crippen molar-refractivity contribution < 1.29 is 0 Å². The molecule has 1 aliphatic rings. The van der Waals surface area contributed by atoms with Crippen LogP contribution in [0.4, 0.5) is 0 Å². The Morgan fingerprint density at radius 1 is 1.04 bits per heavy atom. The summed E-state index contributed by atoms with van der Waals surface area (Å²) in [5, 5.41) is 3.67. The van der Waals surface area contributed by atoms with Crippen LogP contribution in [0.2, 0.25) is 0 Å². The minimum atomic E-state index is 0.953. The van der Waals surface area contributed by atoms with Gasteiger partial charge in [0.25, 0.3) is 0 Å². The van der Waals surface area contributed by atoms with E-state index in [2.05, 4.69) is 59.5 Å². The highest BCUT2D eigenvalue weighted by atomic mass is 14.9. The molecular formula is C24H31N3. The summed E-state index contributed by atoms with van der Waals surface area (Å²) in [6.45, 7) is 6.51. The third-order valence-corrected chi connectivity index (χ3v) is 6.19. The van der Waals surface area contributed by atoms with Crippen molar-refractivity contribution in [3.8, 4) is 11.1 Å². The van der Waals surface area contributed by atoms with Crippen LogP contribution in [0.25, 0.3) is 22.2 Å². The first-order valence-corrected chi connectivity index (χ1v) is 10.4. The van der Waals surface area contributed by atoms with Gasteiger partial charge in [0.2, 0.25) is 0 Å². The van der Waals surface area contributed by atoms with Gasteiger partial charge in [0.05, 0.1) is 17.4 Å². The van der Waals surface area contributed by atoms with Gasteiger partial charge in [0.15, 0.2) is 0 Å². The van der Waals surface area contributed by atoms with Crippen molar-refractivity contribution in [2.75, 3.05) is 6.54 Å². The van der Waals surface area contributed by atoms with Gasteiger partial charge in [0, 0.05) is 6.54 Å². The van der Waals surface area contributed by atoms with E-state index in [1.54, 1.807) is 6.33 Å². The van der Waals surface area contributed by atoms with Crippen LogP contribution in [0.1, 0.15) is 55.2 Å². The van der Waals surface area contributed by atoms with Crippen LogP contribution in [0.3, 0.4) is 0 Å². The predicted octanol–water partition coefficient (Wildman–Crippen LogP) is 5.91. The highest BCUT2D eigenvalue weighted by molar-refractivity contribution is 5.84. The SMILES string of the molecule is Cc1cc(-c2cc3nc[nH]c3cc2C)ccc1CNCCC1CCCCC1. The standard InChI is InChI=1S/C24H31N3/c1-17-12-20(22-14-24-23(13-18(22)2)26-16-27-24)8-9-21(17)15-25-11-10-19-6-4-3-5-7-19/h8-9,12-14,16,19,25H,3-7,10-11,15H2,1-2H3,(H,26,27). The number of hydrogen-bond donors (Lipinski definition) is 2. The smallest absolute Gasteiger partial charge is 0.0931 e. The lowest BCUT2D eigenvalue weighted by Gasteiger charge is -2.21. The monoisotopic (exact) mass is 361 g/mol. The summed E-state index contributed by atoms with van der Waals surface area (Å²) in [4.78, 5) is 7.60. The van der Waals surface area contributed by atoms with E-state index in [1.807, 2.05) is 0 Å². The Hall–Kier alpha value is -2.13. The molecule has 1 aliphatic carbocycles. The number of fused-ring (bicyclic) bond motifs is 1. The van der Waals surface area contributed by atoms with Crippen LogP contribution in [0, 0.1) is 19.8 Å². The normalized spacial score (nSPS) is 15.5. The molecule has 0 radical (unpaired) electrons. The molecule has 0 spiro atoms. The minimum absolute atomic E-state index is 0.953. The molecule has 1 fully saturated rings. The zero-order chi connectivity index (χ0) is 18.6. The number of aryl methyl sites for hydroxylation is 2. The summed E-state index contributed by atoms with van der Waals surface area (Å²) in [7, 11) is 0. The second-order valence-electron chi connectivity index (χ2n) is 8.20. The molecule has 1 saturated carbocycles. The van der Waals surface area contributed by atoms with Crippen LogP contribution < -0.4 is 5.32 Å². The van der Waals surface area contributed by atoms with Crippen molar-refractivity contribution in [3.63, 3.8) is 0 Å². The van der Waals surface area contributed by atoms with E-state index in [-0.39, 0.29) is 0 Å². The molecular weight excluding hydrogens is 330 g/mol. The van der Waals surface area contributed by atoms with Crippen LogP contribution in [0.5, 0.6) is 0 Å². The molecule has 2 N–H and O–H groups in total. The van der Waals surface area contributed by atoms with Crippen LogP contribution >= 0.6 is 0 Å². The van der Waals surface area contributed by atoms with E-state index in [9.17, 15) is 0 Å². The molecule has 27 heavy (non-hydrogen) atoms. The summed E-state index contributed by atoms with van der Waals surface area (Å²) in [5.41, 5.74) is 8.73. The average molecular weight is 362 g/mol. The third-order valence-electron chi connectivity index (χ3n) is 6.19. The quantitative estimate of drug-likeness (QED) is 0.536. The van der Waals surface area contributed by atoms with Gasteiger partial charge in [-0.2, -0.15) is 0 Å². The zero-order valence-electron chi connectivity index (χ0n) is 16.6. The lowest BCUT2D eigenvalue weighted by Crippen LogP contribution is -2.19. The average Bonchev–Trinajstić information content (AvgIpc) is 3.13. The summed E-state index contributed by atoms with van der Waals surface area (Å²) in [5.74, 6) is 0.953. The van der Waals surface area contributed by atoms with E-state index in [1.165, 1.54) is 66.3 Å². The molecule has 2 aromatic carbocycles. The van der Waals surface area contributed by atoms with Gasteiger partial charge in [0.1, 0.15) is 0 Å². The molecule has 0 atom stereocenters. The maximum absolute atomic E-state index is 4.41. The molecule has 142 valence electrons. The minimum Gasteiger partial charge on any atom is -0.345 e. The number of benzene rings is 2.